The number of carbonyl (C=O) groups is 5. The van der Waals surface area contributed by atoms with Gasteiger partial charge in [-0.05, 0) is 102 Å². The molecule has 19 nitrogen and oxygen atoms in total. The predicted octanol–water partition coefficient (Wildman–Crippen LogP) is 6.64. The van der Waals surface area contributed by atoms with Crippen molar-refractivity contribution < 1.29 is 33.1 Å². The Hall–Kier alpha value is -7.10. The number of ketones is 1. The monoisotopic (exact) mass is 1060 g/mol. The summed E-state index contributed by atoms with van der Waals surface area (Å²) >= 11 is 1.38. The number of H-pyrrole nitrogens is 1. The summed E-state index contributed by atoms with van der Waals surface area (Å²) in [6.45, 7) is 5.24. The summed E-state index contributed by atoms with van der Waals surface area (Å²) in [6.07, 6.45) is 17.3. The summed E-state index contributed by atoms with van der Waals surface area (Å²) in [4.78, 5) is 87.1. The number of likely N-dealkylation sites (N-methyl/N-ethyl adjacent to an activating group) is 1. The second-order valence-corrected chi connectivity index (χ2v) is 21.3. The van der Waals surface area contributed by atoms with Crippen molar-refractivity contribution in [1.29, 1.82) is 0 Å². The smallest absolute Gasteiger partial charge is 0.254 e. The summed E-state index contributed by atoms with van der Waals surface area (Å²) in [5.74, 6) is -0.0479. The molecule has 0 spiro atoms. The molecule has 6 heterocycles. The van der Waals surface area contributed by atoms with Crippen LogP contribution in [0.1, 0.15) is 127 Å². The topological polar surface area (TPSA) is 224 Å². The first-order chi connectivity index (χ1) is 37.0. The molecule has 2 saturated carbocycles. The molecule has 0 radical (unpaired) electrons. The van der Waals surface area contributed by atoms with Crippen molar-refractivity contribution in [2.75, 3.05) is 64.8 Å². The van der Waals surface area contributed by atoms with Crippen LogP contribution in [0.15, 0.2) is 72.6 Å². The Morgan fingerprint density at radius 2 is 1.74 bits per heavy atom. The summed E-state index contributed by atoms with van der Waals surface area (Å²) < 4.78 is 23.6. The van der Waals surface area contributed by atoms with Crippen molar-refractivity contribution in [1.82, 2.24) is 60.2 Å². The normalized spacial score (nSPS) is 18.1. The third-order valence-corrected chi connectivity index (χ3v) is 16.1. The van der Waals surface area contributed by atoms with Gasteiger partial charge >= 0.3 is 0 Å². The fraction of sp³-hybridized carbons (Fsp3) is 0.473. The van der Waals surface area contributed by atoms with Crippen LogP contribution >= 0.6 is 11.3 Å². The van der Waals surface area contributed by atoms with Crippen LogP contribution in [0.25, 0.3) is 16.9 Å². The molecule has 4 aromatic heterocycles. The van der Waals surface area contributed by atoms with Gasteiger partial charge in [0.25, 0.3) is 5.91 Å². The molecule has 4 amide bonds. The Morgan fingerprint density at radius 3 is 2.50 bits per heavy atom. The van der Waals surface area contributed by atoms with Crippen LogP contribution in [0.2, 0.25) is 0 Å². The molecular formula is C55H66FN13O6S. The average Bonchev–Trinajstić information content (AvgIpc) is 3.93. The van der Waals surface area contributed by atoms with Crippen LogP contribution in [0, 0.1) is 11.7 Å². The Morgan fingerprint density at radius 1 is 0.908 bits per heavy atom. The number of halogens is 1. The number of amides is 4. The number of aromatic amines is 1. The van der Waals surface area contributed by atoms with Gasteiger partial charge in [-0.1, -0.05) is 31.4 Å². The SMILES string of the molecule is CN[C@@H](C)C(=O)N[C@H](C(=O)N1CCC[C@H]1c1nc(C(=O)c2cccc(OCCCCNC(=O)CN3CCN(C(=O)c4ccc(Nc5nc(C6CC6)cn6c(-c7cn[nH]c7)cnc56)c(F)c4)CC3)c2)cs1)C1CCCCC1. The molecular weight excluding hydrogens is 990 g/mol. The number of hydrogen-bond acceptors (Lipinski definition) is 14. The van der Waals surface area contributed by atoms with E-state index in [1.807, 2.05) is 20.4 Å². The first-order valence-electron chi connectivity index (χ1n) is 26.7. The zero-order chi connectivity index (χ0) is 52.7. The third kappa shape index (κ3) is 12.1. The van der Waals surface area contributed by atoms with E-state index in [1.54, 1.807) is 79.2 Å². The number of piperazine rings is 1. The Balaban J connectivity index is 0.641. The van der Waals surface area contributed by atoms with Crippen molar-refractivity contribution >= 4 is 57.9 Å². The molecule has 2 aliphatic carbocycles. The van der Waals surface area contributed by atoms with E-state index in [0.29, 0.717) is 93.1 Å². The molecule has 0 bridgehead atoms. The fourth-order valence-corrected chi connectivity index (χ4v) is 11.4. The minimum Gasteiger partial charge on any atom is -0.494 e. The Bertz CT molecular complexity index is 3040. The van der Waals surface area contributed by atoms with Gasteiger partial charge in [-0.15, -0.1) is 11.3 Å². The van der Waals surface area contributed by atoms with E-state index in [2.05, 4.69) is 36.4 Å². The minimum absolute atomic E-state index is 0.0700. The largest absolute Gasteiger partial charge is 0.494 e. The number of carbonyl (C=O) groups excluding carboxylic acids is 5. The number of nitrogens with zero attached hydrogens (tertiary/aromatic N) is 8. The van der Waals surface area contributed by atoms with Gasteiger partial charge in [-0.3, -0.25) is 38.4 Å². The molecule has 4 aliphatic rings. The number of fused-ring (bicyclic) bond motifs is 1. The molecule has 3 atom stereocenters. The molecule has 400 valence electrons. The van der Waals surface area contributed by atoms with Crippen LogP contribution < -0.4 is 26.0 Å². The maximum atomic E-state index is 15.7. The number of imidazole rings is 1. The van der Waals surface area contributed by atoms with Gasteiger partial charge in [0, 0.05) is 79.7 Å². The van der Waals surface area contributed by atoms with Crippen LogP contribution in [0.5, 0.6) is 5.75 Å². The van der Waals surface area contributed by atoms with Crippen LogP contribution in [-0.4, -0.2) is 145 Å². The molecule has 10 rings (SSSR count). The number of thiazole rings is 1. The summed E-state index contributed by atoms with van der Waals surface area (Å²) in [7, 11) is 1.73. The molecule has 6 aromatic rings. The first-order valence-corrected chi connectivity index (χ1v) is 27.6. The number of hydrogen-bond donors (Lipinski definition) is 5. The number of likely N-dealkylation sites (tertiary alicyclic amines) is 1. The van der Waals surface area contributed by atoms with Crippen molar-refractivity contribution in [2.45, 2.75) is 102 Å². The fourth-order valence-electron chi connectivity index (χ4n) is 10.5. The minimum atomic E-state index is -0.594. The highest BCUT2D eigenvalue weighted by Crippen LogP contribution is 2.41. The zero-order valence-electron chi connectivity index (χ0n) is 43.1. The van der Waals surface area contributed by atoms with E-state index < -0.39 is 17.9 Å². The highest BCUT2D eigenvalue weighted by molar-refractivity contribution is 7.10. The second-order valence-electron chi connectivity index (χ2n) is 20.4. The molecule has 4 fully saturated rings. The molecule has 76 heavy (non-hydrogen) atoms. The van der Waals surface area contributed by atoms with E-state index in [9.17, 15) is 24.0 Å². The molecule has 2 saturated heterocycles. The number of benzene rings is 2. The lowest BCUT2D eigenvalue weighted by molar-refractivity contribution is -0.139. The van der Waals surface area contributed by atoms with Gasteiger partial charge in [-0.25, -0.2) is 19.3 Å². The summed E-state index contributed by atoms with van der Waals surface area (Å²) in [6, 6.07) is 10.2. The van der Waals surface area contributed by atoms with Crippen molar-refractivity contribution in [3.63, 3.8) is 0 Å². The lowest BCUT2D eigenvalue weighted by Gasteiger charge is -2.35. The van der Waals surface area contributed by atoms with Crippen molar-refractivity contribution in [3.8, 4) is 17.0 Å². The number of ether oxygens (including phenoxy) is 1. The van der Waals surface area contributed by atoms with Gasteiger partial charge in [0.05, 0.1) is 54.7 Å². The van der Waals surface area contributed by atoms with Crippen molar-refractivity contribution in [2.24, 2.45) is 5.92 Å². The maximum Gasteiger partial charge on any atom is 0.254 e. The highest BCUT2D eigenvalue weighted by atomic mass is 32.1. The molecule has 2 aliphatic heterocycles. The predicted molar refractivity (Wildman–Crippen MR) is 285 cm³/mol. The molecule has 5 N–H and O–H groups in total. The van der Waals surface area contributed by atoms with E-state index in [-0.39, 0.29) is 59.2 Å². The standard InChI is InChI=1S/C55H66FN13O6S/c1-34(57-2)52(72)65-48(36-10-4-3-5-11-36)55(74)68-20-9-14-45(68)53-64-44(33-76-53)49(71)37-12-8-13-40(26-37)75-25-7-6-19-58-47(70)32-66-21-23-67(24-22-66)54(73)38-17-18-42(41(56)27-38)62-50-51-59-30-46(39-28-60-61-29-39)69(51)31-43(63-50)35-15-16-35/h8,12-13,17-18,26-31,33-36,45,48,57H,3-7,9-11,14-16,19-25,32H2,1-2H3,(H,58,70)(H,60,61)(H,62,63)(H,65,72)/t34-,45-,48-/m0/s1. The Labute approximate surface area is 444 Å². The van der Waals surface area contributed by atoms with Crippen LogP contribution in [0.4, 0.5) is 15.9 Å². The maximum absolute atomic E-state index is 15.7. The second kappa shape index (κ2) is 23.8. The van der Waals surface area contributed by atoms with Crippen LogP contribution in [0.3, 0.4) is 0 Å². The van der Waals surface area contributed by atoms with Gasteiger partial charge in [0.2, 0.25) is 23.5 Å². The number of rotatable bonds is 21. The van der Waals surface area contributed by atoms with Gasteiger partial charge in [0.1, 0.15) is 28.3 Å². The van der Waals surface area contributed by atoms with E-state index >= 15 is 4.39 Å². The quantitative estimate of drug-likeness (QED) is 0.0377. The highest BCUT2D eigenvalue weighted by Gasteiger charge is 2.40. The average molecular weight is 1060 g/mol. The third-order valence-electron chi connectivity index (χ3n) is 15.1. The number of anilines is 2. The van der Waals surface area contributed by atoms with Gasteiger partial charge < -0.3 is 35.8 Å². The molecule has 21 heteroatoms. The Kier molecular flexibility index (Phi) is 16.4. The van der Waals surface area contributed by atoms with E-state index in [1.165, 1.54) is 17.4 Å². The van der Waals surface area contributed by atoms with Crippen molar-refractivity contribution in [3.05, 3.63) is 106 Å². The first kappa shape index (κ1) is 52.3. The summed E-state index contributed by atoms with van der Waals surface area (Å²) in [5.41, 5.74) is 4.34. The molecule has 0 unspecified atom stereocenters. The lowest BCUT2D eigenvalue weighted by atomic mass is 9.83. The zero-order valence-corrected chi connectivity index (χ0v) is 43.9. The number of aromatic nitrogens is 6. The van der Waals surface area contributed by atoms with Crippen LogP contribution in [-0.2, 0) is 14.4 Å². The number of unbranched alkanes of at least 4 members (excludes halogenated alkanes) is 1. The van der Waals surface area contributed by atoms with Gasteiger partial charge in [0.15, 0.2) is 11.5 Å². The van der Waals surface area contributed by atoms with Gasteiger partial charge in [-0.2, -0.15) is 5.10 Å². The lowest BCUT2D eigenvalue weighted by Crippen LogP contribution is -2.55. The summed E-state index contributed by atoms with van der Waals surface area (Å²) in [5, 5.41) is 21.6. The van der Waals surface area contributed by atoms with E-state index in [4.69, 9.17) is 14.7 Å². The molecule has 2 aromatic carbocycles. The van der Waals surface area contributed by atoms with E-state index in [0.717, 1.165) is 79.7 Å². The number of nitrogens with one attached hydrogen (secondary N) is 5.